The van der Waals surface area contributed by atoms with Crippen LogP contribution in [-0.4, -0.2) is 38.9 Å². The Morgan fingerprint density at radius 1 is 1.21 bits per heavy atom. The van der Waals surface area contributed by atoms with Crippen molar-refractivity contribution in [2.75, 3.05) is 14.2 Å². The number of rotatable bonds is 7. The molecule has 1 aromatic rings. The van der Waals surface area contributed by atoms with E-state index in [1.165, 1.54) is 14.2 Å². The third-order valence-corrected chi connectivity index (χ3v) is 2.93. The summed E-state index contributed by atoms with van der Waals surface area (Å²) in [7, 11) is 2.44. The molecule has 0 spiro atoms. The molecule has 1 unspecified atom stereocenters. The average molecular weight is 264 g/mol. The topological polar surface area (TPSA) is 69.7 Å². The molecule has 5 heteroatoms. The first-order valence-electron chi connectivity index (χ1n) is 5.70. The van der Waals surface area contributed by atoms with Crippen LogP contribution in [0.5, 0.6) is 0 Å². The SMILES string of the molecule is COC(=O)C(OC)C(C=O)(C=O)Cc1ccccc1. The number of benzene rings is 1. The zero-order chi connectivity index (χ0) is 14.3. The molecule has 0 fully saturated rings. The maximum atomic E-state index is 11.6. The van der Waals surface area contributed by atoms with Crippen molar-refractivity contribution in [1.29, 1.82) is 0 Å². The van der Waals surface area contributed by atoms with Gasteiger partial charge in [0, 0.05) is 7.11 Å². The number of carbonyl (C=O) groups excluding carboxylic acids is 3. The summed E-state index contributed by atoms with van der Waals surface area (Å²) in [6.07, 6.45) is -0.294. The highest BCUT2D eigenvalue weighted by Crippen LogP contribution is 2.26. The van der Waals surface area contributed by atoms with Crippen LogP contribution in [0.2, 0.25) is 0 Å². The minimum absolute atomic E-state index is 0.0778. The van der Waals surface area contributed by atoms with E-state index < -0.39 is 17.5 Å². The molecular weight excluding hydrogens is 248 g/mol. The van der Waals surface area contributed by atoms with Gasteiger partial charge < -0.3 is 19.1 Å². The molecule has 1 atom stereocenters. The Balaban J connectivity index is 3.12. The highest BCUT2D eigenvalue weighted by atomic mass is 16.6. The number of carbonyl (C=O) groups is 3. The lowest BCUT2D eigenvalue weighted by molar-refractivity contribution is -0.164. The first kappa shape index (κ1) is 15.0. The van der Waals surface area contributed by atoms with Gasteiger partial charge in [-0.1, -0.05) is 30.3 Å². The second-order valence-corrected chi connectivity index (χ2v) is 4.15. The Hall–Kier alpha value is -2.01. The second kappa shape index (κ2) is 6.80. The standard InChI is InChI=1S/C14H16O5/c1-18-12(13(17)19-2)14(9-15,10-16)8-11-6-4-3-5-7-11/h3-7,9-10,12H,8H2,1-2H3. The van der Waals surface area contributed by atoms with Crippen LogP contribution in [0.1, 0.15) is 5.56 Å². The van der Waals surface area contributed by atoms with E-state index in [4.69, 9.17) is 4.74 Å². The van der Waals surface area contributed by atoms with E-state index in [1.807, 2.05) is 6.07 Å². The van der Waals surface area contributed by atoms with E-state index in [2.05, 4.69) is 4.74 Å². The van der Waals surface area contributed by atoms with Crippen LogP contribution in [0.15, 0.2) is 30.3 Å². The normalized spacial score (nSPS) is 12.5. The van der Waals surface area contributed by atoms with E-state index in [-0.39, 0.29) is 6.42 Å². The summed E-state index contributed by atoms with van der Waals surface area (Å²) >= 11 is 0. The lowest BCUT2D eigenvalue weighted by atomic mass is 9.79. The quantitative estimate of drug-likeness (QED) is 0.414. The number of hydrogen-bond acceptors (Lipinski definition) is 5. The van der Waals surface area contributed by atoms with Crippen LogP contribution in [-0.2, 0) is 30.3 Å². The Bertz CT molecular complexity index is 432. The fourth-order valence-electron chi connectivity index (χ4n) is 1.92. The number of hydrogen-bond donors (Lipinski definition) is 0. The fourth-order valence-corrected chi connectivity index (χ4v) is 1.92. The number of aldehydes is 2. The molecule has 102 valence electrons. The van der Waals surface area contributed by atoms with Crippen LogP contribution in [0, 0.1) is 5.41 Å². The van der Waals surface area contributed by atoms with Crippen LogP contribution >= 0.6 is 0 Å². The first-order chi connectivity index (χ1) is 9.13. The minimum Gasteiger partial charge on any atom is -0.467 e. The van der Waals surface area contributed by atoms with Crippen LogP contribution in [0.4, 0.5) is 0 Å². The molecule has 0 saturated heterocycles. The van der Waals surface area contributed by atoms with Gasteiger partial charge in [0.25, 0.3) is 0 Å². The Kier molecular flexibility index (Phi) is 5.38. The van der Waals surface area contributed by atoms with E-state index in [1.54, 1.807) is 24.3 Å². The number of methoxy groups -OCH3 is 2. The van der Waals surface area contributed by atoms with E-state index >= 15 is 0 Å². The molecule has 0 aromatic heterocycles. The van der Waals surface area contributed by atoms with Gasteiger partial charge in [-0.05, 0) is 12.0 Å². The van der Waals surface area contributed by atoms with Gasteiger partial charge in [-0.25, -0.2) is 4.79 Å². The van der Waals surface area contributed by atoms with E-state index in [9.17, 15) is 14.4 Å². The van der Waals surface area contributed by atoms with Gasteiger partial charge in [-0.2, -0.15) is 0 Å². The lowest BCUT2D eigenvalue weighted by Crippen LogP contribution is -2.47. The van der Waals surface area contributed by atoms with Gasteiger partial charge in [0.05, 0.1) is 7.11 Å². The van der Waals surface area contributed by atoms with Crippen molar-refractivity contribution >= 4 is 18.5 Å². The second-order valence-electron chi connectivity index (χ2n) is 4.15. The maximum Gasteiger partial charge on any atom is 0.336 e. The summed E-state index contributed by atoms with van der Waals surface area (Å²) in [6, 6.07) is 8.93. The molecule has 1 rings (SSSR count). The van der Waals surface area contributed by atoms with Crippen LogP contribution < -0.4 is 0 Å². The third-order valence-electron chi connectivity index (χ3n) is 2.93. The fraction of sp³-hybridized carbons (Fsp3) is 0.357. The zero-order valence-electron chi connectivity index (χ0n) is 10.9. The summed E-state index contributed by atoms with van der Waals surface area (Å²) < 4.78 is 9.55. The van der Waals surface area contributed by atoms with E-state index in [0.717, 1.165) is 5.56 Å². The van der Waals surface area contributed by atoms with Crippen molar-refractivity contribution in [3.63, 3.8) is 0 Å². The van der Waals surface area contributed by atoms with Crippen molar-refractivity contribution in [2.24, 2.45) is 5.41 Å². The smallest absolute Gasteiger partial charge is 0.336 e. The van der Waals surface area contributed by atoms with Crippen molar-refractivity contribution in [3.8, 4) is 0 Å². The molecule has 0 aliphatic carbocycles. The number of ether oxygens (including phenoxy) is 2. The molecule has 5 nitrogen and oxygen atoms in total. The summed E-state index contributed by atoms with van der Waals surface area (Å²) in [6.45, 7) is 0. The summed E-state index contributed by atoms with van der Waals surface area (Å²) in [4.78, 5) is 34.4. The molecule has 0 amide bonds. The van der Waals surface area contributed by atoms with Crippen LogP contribution in [0.3, 0.4) is 0 Å². The Morgan fingerprint density at radius 2 is 1.79 bits per heavy atom. The molecule has 0 N–H and O–H groups in total. The Morgan fingerprint density at radius 3 is 2.21 bits per heavy atom. The molecule has 0 radical (unpaired) electrons. The van der Waals surface area contributed by atoms with Gasteiger partial charge in [0.2, 0.25) is 0 Å². The molecule has 19 heavy (non-hydrogen) atoms. The zero-order valence-corrected chi connectivity index (χ0v) is 10.9. The van der Waals surface area contributed by atoms with Crippen LogP contribution in [0.25, 0.3) is 0 Å². The molecule has 0 aliphatic rings. The predicted octanol–water partition coefficient (Wildman–Crippen LogP) is 0.801. The maximum absolute atomic E-state index is 11.6. The van der Waals surface area contributed by atoms with E-state index in [0.29, 0.717) is 12.6 Å². The molecule has 0 heterocycles. The molecule has 0 saturated carbocycles. The minimum atomic E-state index is -1.58. The highest BCUT2D eigenvalue weighted by molar-refractivity contribution is 5.93. The van der Waals surface area contributed by atoms with Crippen molar-refractivity contribution < 1.29 is 23.9 Å². The largest absolute Gasteiger partial charge is 0.467 e. The summed E-state index contributed by atoms with van der Waals surface area (Å²) in [5, 5.41) is 0. The summed E-state index contributed by atoms with van der Waals surface area (Å²) in [5.41, 5.74) is -0.823. The first-order valence-corrected chi connectivity index (χ1v) is 5.70. The highest BCUT2D eigenvalue weighted by Gasteiger charge is 2.44. The van der Waals surface area contributed by atoms with Crippen molar-refractivity contribution in [1.82, 2.24) is 0 Å². The van der Waals surface area contributed by atoms with Gasteiger partial charge in [0.1, 0.15) is 18.0 Å². The molecule has 0 bridgehead atoms. The lowest BCUT2D eigenvalue weighted by Gasteiger charge is -2.28. The monoisotopic (exact) mass is 264 g/mol. The average Bonchev–Trinajstić information content (AvgIpc) is 2.47. The van der Waals surface area contributed by atoms with Gasteiger partial charge >= 0.3 is 5.97 Å². The molecular formula is C14H16O5. The third kappa shape index (κ3) is 3.26. The molecule has 0 aliphatic heterocycles. The van der Waals surface area contributed by atoms with Gasteiger partial charge in [0.15, 0.2) is 6.10 Å². The summed E-state index contributed by atoms with van der Waals surface area (Å²) in [5.74, 6) is -0.752. The number of esters is 1. The van der Waals surface area contributed by atoms with Gasteiger partial charge in [-0.15, -0.1) is 0 Å². The van der Waals surface area contributed by atoms with Crippen molar-refractivity contribution in [2.45, 2.75) is 12.5 Å². The predicted molar refractivity (Wildman–Crippen MR) is 67.5 cm³/mol. The Labute approximate surface area is 111 Å². The van der Waals surface area contributed by atoms with Crippen molar-refractivity contribution in [3.05, 3.63) is 35.9 Å². The van der Waals surface area contributed by atoms with Gasteiger partial charge in [-0.3, -0.25) is 0 Å². The molecule has 1 aromatic carbocycles.